The van der Waals surface area contributed by atoms with Gasteiger partial charge in [-0.15, -0.1) is 0 Å². The SMILES string of the molecule is CCCCCCCC(=O)[C@@H](C)NC(=O)CCC(=O)O. The lowest BCUT2D eigenvalue weighted by molar-refractivity contribution is -0.139. The van der Waals surface area contributed by atoms with E-state index in [0.29, 0.717) is 6.42 Å². The summed E-state index contributed by atoms with van der Waals surface area (Å²) in [5.74, 6) is -1.38. The van der Waals surface area contributed by atoms with E-state index in [0.717, 1.165) is 19.3 Å². The van der Waals surface area contributed by atoms with Gasteiger partial charge >= 0.3 is 5.97 Å². The topological polar surface area (TPSA) is 83.5 Å². The van der Waals surface area contributed by atoms with E-state index in [-0.39, 0.29) is 24.5 Å². The summed E-state index contributed by atoms with van der Waals surface area (Å²) >= 11 is 0. The maximum absolute atomic E-state index is 11.7. The molecule has 0 aromatic carbocycles. The Morgan fingerprint density at radius 3 is 2.21 bits per heavy atom. The summed E-state index contributed by atoms with van der Waals surface area (Å²) in [6.07, 6.45) is 5.59. The van der Waals surface area contributed by atoms with Crippen LogP contribution in [-0.4, -0.2) is 28.8 Å². The van der Waals surface area contributed by atoms with Crippen LogP contribution in [0, 0.1) is 0 Å². The first-order valence-corrected chi connectivity index (χ1v) is 7.01. The van der Waals surface area contributed by atoms with E-state index in [1.165, 1.54) is 12.8 Å². The van der Waals surface area contributed by atoms with E-state index >= 15 is 0 Å². The zero-order valence-corrected chi connectivity index (χ0v) is 11.9. The molecule has 0 bridgehead atoms. The molecule has 0 saturated carbocycles. The van der Waals surface area contributed by atoms with Gasteiger partial charge in [-0.25, -0.2) is 0 Å². The number of rotatable bonds is 11. The molecular weight excluding hydrogens is 246 g/mol. The zero-order valence-electron chi connectivity index (χ0n) is 11.9. The third kappa shape index (κ3) is 10.2. The number of amides is 1. The molecule has 0 aromatic heterocycles. The molecule has 2 N–H and O–H groups in total. The molecule has 0 unspecified atom stereocenters. The Labute approximate surface area is 114 Å². The van der Waals surface area contributed by atoms with Gasteiger partial charge in [0.05, 0.1) is 12.5 Å². The van der Waals surface area contributed by atoms with Crippen molar-refractivity contribution in [1.82, 2.24) is 5.32 Å². The van der Waals surface area contributed by atoms with Crippen LogP contribution in [-0.2, 0) is 14.4 Å². The number of carboxylic acids is 1. The van der Waals surface area contributed by atoms with Crippen molar-refractivity contribution in [3.05, 3.63) is 0 Å². The summed E-state index contributed by atoms with van der Waals surface area (Å²) < 4.78 is 0. The second-order valence-corrected chi connectivity index (χ2v) is 4.81. The van der Waals surface area contributed by atoms with Crippen LogP contribution >= 0.6 is 0 Å². The molecule has 1 atom stereocenters. The Bertz CT molecular complexity index is 302. The summed E-state index contributed by atoms with van der Waals surface area (Å²) in [6, 6.07) is -0.521. The van der Waals surface area contributed by atoms with Crippen molar-refractivity contribution in [3.8, 4) is 0 Å². The van der Waals surface area contributed by atoms with E-state index in [1.807, 2.05) is 0 Å². The smallest absolute Gasteiger partial charge is 0.303 e. The minimum absolute atomic E-state index is 0.0140. The number of Topliss-reactive ketones (excluding diaryl/α,β-unsaturated/α-hetero) is 1. The van der Waals surface area contributed by atoms with Crippen LogP contribution in [0.15, 0.2) is 0 Å². The molecule has 0 spiro atoms. The third-order valence-electron chi connectivity index (χ3n) is 2.95. The maximum atomic E-state index is 11.7. The number of hydrogen-bond donors (Lipinski definition) is 2. The summed E-state index contributed by atoms with van der Waals surface area (Å²) in [5.41, 5.74) is 0. The van der Waals surface area contributed by atoms with E-state index < -0.39 is 12.0 Å². The Balaban J connectivity index is 3.74. The number of hydrogen-bond acceptors (Lipinski definition) is 3. The molecule has 110 valence electrons. The summed E-state index contributed by atoms with van der Waals surface area (Å²) in [4.78, 5) is 33.4. The number of carbonyl (C=O) groups excluding carboxylic acids is 2. The molecule has 0 heterocycles. The minimum atomic E-state index is -1.01. The number of unbranched alkanes of at least 4 members (excludes halogenated alkanes) is 4. The Kier molecular flexibility index (Phi) is 9.75. The van der Waals surface area contributed by atoms with Gasteiger partial charge in [-0.05, 0) is 13.3 Å². The average Bonchev–Trinajstić information content (AvgIpc) is 2.35. The summed E-state index contributed by atoms with van der Waals surface area (Å²) in [6.45, 7) is 3.78. The summed E-state index contributed by atoms with van der Waals surface area (Å²) in [5, 5.41) is 11.0. The van der Waals surface area contributed by atoms with Crippen LogP contribution in [0.1, 0.15) is 65.2 Å². The zero-order chi connectivity index (χ0) is 14.7. The van der Waals surface area contributed by atoms with Crippen molar-refractivity contribution < 1.29 is 19.5 Å². The number of nitrogens with one attached hydrogen (secondary N) is 1. The summed E-state index contributed by atoms with van der Waals surface area (Å²) in [7, 11) is 0. The van der Waals surface area contributed by atoms with Crippen molar-refractivity contribution in [3.63, 3.8) is 0 Å². The normalized spacial score (nSPS) is 11.9. The van der Waals surface area contributed by atoms with Crippen molar-refractivity contribution in [2.45, 2.75) is 71.3 Å². The molecule has 0 aliphatic carbocycles. The lowest BCUT2D eigenvalue weighted by Crippen LogP contribution is -2.38. The number of carbonyl (C=O) groups is 3. The minimum Gasteiger partial charge on any atom is -0.481 e. The van der Waals surface area contributed by atoms with E-state index in [1.54, 1.807) is 6.92 Å². The Morgan fingerprint density at radius 2 is 1.63 bits per heavy atom. The van der Waals surface area contributed by atoms with Gasteiger partial charge in [0.25, 0.3) is 0 Å². The highest BCUT2D eigenvalue weighted by atomic mass is 16.4. The molecule has 0 saturated heterocycles. The number of carboxylic acid groups (broad SMARTS) is 1. The first-order chi connectivity index (χ1) is 8.97. The Morgan fingerprint density at radius 1 is 1.00 bits per heavy atom. The van der Waals surface area contributed by atoms with E-state index in [9.17, 15) is 14.4 Å². The maximum Gasteiger partial charge on any atom is 0.303 e. The molecule has 0 fully saturated rings. The monoisotopic (exact) mass is 271 g/mol. The second-order valence-electron chi connectivity index (χ2n) is 4.81. The molecule has 5 heteroatoms. The molecule has 0 aromatic rings. The quantitative estimate of drug-likeness (QED) is 0.565. The Hall–Kier alpha value is -1.39. The molecule has 1 amide bonds. The predicted octanol–water partition coefficient (Wildman–Crippen LogP) is 2.29. The van der Waals surface area contributed by atoms with Gasteiger partial charge in [0.2, 0.25) is 5.91 Å². The van der Waals surface area contributed by atoms with Crippen LogP contribution in [0.5, 0.6) is 0 Å². The van der Waals surface area contributed by atoms with Crippen LogP contribution in [0.3, 0.4) is 0 Å². The van der Waals surface area contributed by atoms with Crippen molar-refractivity contribution in [2.75, 3.05) is 0 Å². The molecule has 0 radical (unpaired) electrons. The van der Waals surface area contributed by atoms with Crippen LogP contribution < -0.4 is 5.32 Å². The van der Waals surface area contributed by atoms with Gasteiger partial charge in [-0.1, -0.05) is 32.6 Å². The number of aliphatic carboxylic acids is 1. The van der Waals surface area contributed by atoms with E-state index in [4.69, 9.17) is 5.11 Å². The van der Waals surface area contributed by atoms with Gasteiger partial charge in [0, 0.05) is 12.8 Å². The van der Waals surface area contributed by atoms with Crippen LogP contribution in [0.25, 0.3) is 0 Å². The highest BCUT2D eigenvalue weighted by molar-refractivity contribution is 5.89. The van der Waals surface area contributed by atoms with Gasteiger partial charge in [-0.2, -0.15) is 0 Å². The molecule has 5 nitrogen and oxygen atoms in total. The fourth-order valence-electron chi connectivity index (χ4n) is 1.73. The van der Waals surface area contributed by atoms with Crippen molar-refractivity contribution in [2.24, 2.45) is 0 Å². The van der Waals surface area contributed by atoms with Gasteiger partial charge < -0.3 is 10.4 Å². The fraction of sp³-hybridized carbons (Fsp3) is 0.786. The highest BCUT2D eigenvalue weighted by Gasteiger charge is 2.15. The van der Waals surface area contributed by atoms with Gasteiger partial charge in [0.1, 0.15) is 0 Å². The molecular formula is C14H25NO4. The molecule has 0 aliphatic heterocycles. The van der Waals surface area contributed by atoms with Crippen molar-refractivity contribution >= 4 is 17.7 Å². The van der Waals surface area contributed by atoms with Gasteiger partial charge in [-0.3, -0.25) is 14.4 Å². The van der Waals surface area contributed by atoms with Crippen molar-refractivity contribution in [1.29, 1.82) is 0 Å². The van der Waals surface area contributed by atoms with Gasteiger partial charge in [0.15, 0.2) is 5.78 Å². The predicted molar refractivity (Wildman–Crippen MR) is 72.9 cm³/mol. The third-order valence-corrected chi connectivity index (χ3v) is 2.95. The highest BCUT2D eigenvalue weighted by Crippen LogP contribution is 2.06. The lowest BCUT2D eigenvalue weighted by Gasteiger charge is -2.12. The van der Waals surface area contributed by atoms with E-state index in [2.05, 4.69) is 12.2 Å². The second kappa shape index (κ2) is 10.5. The standard InChI is InChI=1S/C14H25NO4/c1-3-4-5-6-7-8-12(16)11(2)15-13(17)9-10-14(18)19/h11H,3-10H2,1-2H3,(H,15,17)(H,18,19)/t11-/m1/s1. The molecule has 0 aliphatic rings. The average molecular weight is 271 g/mol. The lowest BCUT2D eigenvalue weighted by atomic mass is 10.1. The van der Waals surface area contributed by atoms with Crippen LogP contribution in [0.2, 0.25) is 0 Å². The number of ketones is 1. The first-order valence-electron chi connectivity index (χ1n) is 7.01. The largest absolute Gasteiger partial charge is 0.481 e. The fourth-order valence-corrected chi connectivity index (χ4v) is 1.73. The molecule has 19 heavy (non-hydrogen) atoms. The molecule has 0 rings (SSSR count). The first kappa shape index (κ1) is 17.6. The van der Waals surface area contributed by atoms with Crippen LogP contribution in [0.4, 0.5) is 0 Å².